The quantitative estimate of drug-likeness (QED) is 0.710. The van der Waals surface area contributed by atoms with Gasteiger partial charge in [-0.3, -0.25) is 0 Å². The van der Waals surface area contributed by atoms with Crippen LogP contribution in [0.1, 0.15) is 0 Å². The lowest BCUT2D eigenvalue weighted by Crippen LogP contribution is -1.92. The van der Waals surface area contributed by atoms with Crippen molar-refractivity contribution in [2.45, 2.75) is 0 Å². The van der Waals surface area contributed by atoms with Crippen LogP contribution in [0.15, 0.2) is 40.9 Å². The van der Waals surface area contributed by atoms with Gasteiger partial charge in [0, 0.05) is 10.0 Å². The van der Waals surface area contributed by atoms with Gasteiger partial charge in [-0.15, -0.1) is 0 Å². The van der Waals surface area contributed by atoms with E-state index in [-0.39, 0.29) is 0 Å². The second kappa shape index (κ2) is 4.59. The first-order chi connectivity index (χ1) is 9.17. The van der Waals surface area contributed by atoms with Gasteiger partial charge in [-0.05, 0) is 36.4 Å². The van der Waals surface area contributed by atoms with Gasteiger partial charge in [0.25, 0.3) is 0 Å². The Kier molecular flexibility index (Phi) is 2.91. The fourth-order valence-electron chi connectivity index (χ4n) is 2.00. The maximum absolute atomic E-state index is 5.91. The summed E-state index contributed by atoms with van der Waals surface area (Å²) in [5.74, 6) is 1.46. The van der Waals surface area contributed by atoms with E-state index in [1.54, 1.807) is 7.11 Å². The summed E-state index contributed by atoms with van der Waals surface area (Å²) in [6.07, 6.45) is 0. The maximum atomic E-state index is 5.91. The highest BCUT2D eigenvalue weighted by atomic mass is 79.9. The Bertz CT molecular complexity index is 752. The SMILES string of the molecule is COc1ccc(-c2nc3ccc(Br)cc3[nH]2)cc1N. The number of aromatic nitrogens is 2. The Morgan fingerprint density at radius 1 is 1.21 bits per heavy atom. The molecule has 0 bridgehead atoms. The number of benzene rings is 2. The third-order valence-corrected chi connectivity index (χ3v) is 3.44. The van der Waals surface area contributed by atoms with Crippen molar-refractivity contribution in [3.05, 3.63) is 40.9 Å². The molecular weight excluding hydrogens is 306 g/mol. The van der Waals surface area contributed by atoms with Crippen molar-refractivity contribution < 1.29 is 4.74 Å². The number of nitrogens with one attached hydrogen (secondary N) is 1. The minimum Gasteiger partial charge on any atom is -0.495 e. The Balaban J connectivity index is 2.11. The topological polar surface area (TPSA) is 63.9 Å². The van der Waals surface area contributed by atoms with Crippen LogP contribution in [0.4, 0.5) is 5.69 Å². The minimum atomic E-state index is 0.599. The monoisotopic (exact) mass is 317 g/mol. The van der Waals surface area contributed by atoms with Crippen molar-refractivity contribution in [1.29, 1.82) is 0 Å². The van der Waals surface area contributed by atoms with Crippen LogP contribution in [-0.4, -0.2) is 17.1 Å². The molecule has 3 rings (SSSR count). The van der Waals surface area contributed by atoms with E-state index in [2.05, 4.69) is 25.9 Å². The Morgan fingerprint density at radius 2 is 2.05 bits per heavy atom. The summed E-state index contributed by atoms with van der Waals surface area (Å²) in [7, 11) is 1.60. The second-order valence-electron chi connectivity index (χ2n) is 4.20. The van der Waals surface area contributed by atoms with Gasteiger partial charge in [-0.1, -0.05) is 15.9 Å². The van der Waals surface area contributed by atoms with Crippen LogP contribution in [0.2, 0.25) is 0 Å². The molecule has 0 aliphatic carbocycles. The summed E-state index contributed by atoms with van der Waals surface area (Å²) in [5.41, 5.74) is 9.36. The van der Waals surface area contributed by atoms with Crippen LogP contribution >= 0.6 is 15.9 Å². The molecule has 1 heterocycles. The molecule has 0 radical (unpaired) electrons. The number of aromatic amines is 1. The molecular formula is C14H12BrN3O. The molecule has 0 saturated heterocycles. The van der Waals surface area contributed by atoms with E-state index >= 15 is 0 Å². The largest absolute Gasteiger partial charge is 0.495 e. The number of imidazole rings is 1. The summed E-state index contributed by atoms with van der Waals surface area (Å²) >= 11 is 3.44. The number of fused-ring (bicyclic) bond motifs is 1. The fraction of sp³-hybridized carbons (Fsp3) is 0.0714. The molecule has 0 unspecified atom stereocenters. The molecule has 2 aromatic carbocycles. The highest BCUT2D eigenvalue weighted by molar-refractivity contribution is 9.10. The lowest BCUT2D eigenvalue weighted by atomic mass is 10.2. The second-order valence-corrected chi connectivity index (χ2v) is 5.12. The van der Waals surface area contributed by atoms with Gasteiger partial charge in [-0.25, -0.2) is 4.98 Å². The van der Waals surface area contributed by atoms with Gasteiger partial charge in [0.2, 0.25) is 0 Å². The molecule has 0 aliphatic heterocycles. The van der Waals surface area contributed by atoms with E-state index in [4.69, 9.17) is 10.5 Å². The van der Waals surface area contributed by atoms with E-state index in [1.165, 1.54) is 0 Å². The summed E-state index contributed by atoms with van der Waals surface area (Å²) in [6.45, 7) is 0. The number of nitrogens with zero attached hydrogens (tertiary/aromatic N) is 1. The van der Waals surface area contributed by atoms with Crippen LogP contribution in [0.25, 0.3) is 22.4 Å². The zero-order valence-electron chi connectivity index (χ0n) is 10.3. The predicted molar refractivity (Wildman–Crippen MR) is 80.2 cm³/mol. The maximum Gasteiger partial charge on any atom is 0.141 e. The molecule has 19 heavy (non-hydrogen) atoms. The van der Waals surface area contributed by atoms with Crippen molar-refractivity contribution in [2.75, 3.05) is 12.8 Å². The number of hydrogen-bond acceptors (Lipinski definition) is 3. The molecule has 3 aromatic rings. The van der Waals surface area contributed by atoms with Crippen molar-refractivity contribution in [3.63, 3.8) is 0 Å². The van der Waals surface area contributed by atoms with E-state index < -0.39 is 0 Å². The van der Waals surface area contributed by atoms with Crippen LogP contribution in [0.3, 0.4) is 0 Å². The van der Waals surface area contributed by atoms with Crippen molar-refractivity contribution in [2.24, 2.45) is 0 Å². The van der Waals surface area contributed by atoms with Crippen LogP contribution in [-0.2, 0) is 0 Å². The van der Waals surface area contributed by atoms with Gasteiger partial charge in [0.05, 0.1) is 23.8 Å². The standard InChI is InChI=1S/C14H12BrN3O/c1-19-13-5-2-8(6-10(13)16)14-17-11-4-3-9(15)7-12(11)18-14/h2-7H,16H2,1H3,(H,17,18). The summed E-state index contributed by atoms with van der Waals surface area (Å²) in [5, 5.41) is 0. The number of anilines is 1. The molecule has 3 N–H and O–H groups in total. The van der Waals surface area contributed by atoms with E-state index in [9.17, 15) is 0 Å². The number of H-pyrrole nitrogens is 1. The summed E-state index contributed by atoms with van der Waals surface area (Å²) in [6, 6.07) is 11.6. The Morgan fingerprint density at radius 3 is 2.79 bits per heavy atom. The molecule has 5 heteroatoms. The minimum absolute atomic E-state index is 0.599. The van der Waals surface area contributed by atoms with Crippen LogP contribution in [0.5, 0.6) is 5.75 Å². The van der Waals surface area contributed by atoms with E-state index in [0.717, 1.165) is 26.9 Å². The molecule has 0 atom stereocenters. The molecule has 0 fully saturated rings. The molecule has 0 amide bonds. The van der Waals surface area contributed by atoms with Gasteiger partial charge < -0.3 is 15.5 Å². The predicted octanol–water partition coefficient (Wildman–Crippen LogP) is 3.58. The first kappa shape index (κ1) is 12.0. The lowest BCUT2D eigenvalue weighted by molar-refractivity contribution is 0.417. The number of nitrogens with two attached hydrogens (primary N) is 1. The molecule has 0 aliphatic rings. The van der Waals surface area contributed by atoms with E-state index in [1.807, 2.05) is 36.4 Å². The number of halogens is 1. The van der Waals surface area contributed by atoms with Gasteiger partial charge in [0.15, 0.2) is 0 Å². The van der Waals surface area contributed by atoms with Crippen LogP contribution in [0, 0.1) is 0 Å². The highest BCUT2D eigenvalue weighted by Crippen LogP contribution is 2.28. The molecule has 96 valence electrons. The molecule has 0 spiro atoms. The van der Waals surface area contributed by atoms with Gasteiger partial charge in [-0.2, -0.15) is 0 Å². The first-order valence-corrected chi connectivity index (χ1v) is 6.56. The van der Waals surface area contributed by atoms with Crippen molar-refractivity contribution in [3.8, 4) is 17.1 Å². The number of ether oxygens (including phenoxy) is 1. The van der Waals surface area contributed by atoms with E-state index in [0.29, 0.717) is 11.4 Å². The molecule has 0 saturated carbocycles. The average Bonchev–Trinajstić information content (AvgIpc) is 2.81. The lowest BCUT2D eigenvalue weighted by Gasteiger charge is -2.05. The zero-order chi connectivity index (χ0) is 13.4. The number of rotatable bonds is 2. The molecule has 4 nitrogen and oxygen atoms in total. The van der Waals surface area contributed by atoms with Gasteiger partial charge >= 0.3 is 0 Å². The third-order valence-electron chi connectivity index (χ3n) is 2.95. The number of hydrogen-bond donors (Lipinski definition) is 2. The summed E-state index contributed by atoms with van der Waals surface area (Å²) < 4.78 is 6.17. The first-order valence-electron chi connectivity index (χ1n) is 5.76. The zero-order valence-corrected chi connectivity index (χ0v) is 11.9. The van der Waals surface area contributed by atoms with Crippen LogP contribution < -0.4 is 10.5 Å². The van der Waals surface area contributed by atoms with Crippen molar-refractivity contribution >= 4 is 32.7 Å². The average molecular weight is 318 g/mol. The third kappa shape index (κ3) is 2.17. The normalized spacial score (nSPS) is 10.8. The molecule has 1 aromatic heterocycles. The summed E-state index contributed by atoms with van der Waals surface area (Å²) in [4.78, 5) is 7.83. The Labute approximate surface area is 118 Å². The van der Waals surface area contributed by atoms with Crippen molar-refractivity contribution in [1.82, 2.24) is 9.97 Å². The number of methoxy groups -OCH3 is 1. The highest BCUT2D eigenvalue weighted by Gasteiger charge is 2.08. The Hall–Kier alpha value is -2.01. The van der Waals surface area contributed by atoms with Gasteiger partial charge in [0.1, 0.15) is 11.6 Å². The number of nitrogen functional groups attached to an aromatic ring is 1. The smallest absolute Gasteiger partial charge is 0.141 e. The fourth-order valence-corrected chi connectivity index (χ4v) is 2.36.